The molecule has 2 rings (SSSR count). The molecular weight excluding hydrogens is 371 g/mol. The van der Waals surface area contributed by atoms with Gasteiger partial charge in [0.15, 0.2) is 0 Å². The summed E-state index contributed by atoms with van der Waals surface area (Å²) in [6.45, 7) is 2.52. The predicted molar refractivity (Wildman–Crippen MR) is 93.2 cm³/mol. The van der Waals surface area contributed by atoms with Crippen LogP contribution < -0.4 is 5.32 Å². The van der Waals surface area contributed by atoms with Crippen LogP contribution in [0.2, 0.25) is 25.1 Å². The van der Waals surface area contributed by atoms with Crippen molar-refractivity contribution < 1.29 is 0 Å². The average molecular weight is 384 g/mol. The first-order valence-electron chi connectivity index (χ1n) is 6.21. The van der Waals surface area contributed by atoms with Crippen molar-refractivity contribution in [1.29, 1.82) is 0 Å². The average Bonchev–Trinajstić information content (AvgIpc) is 2.45. The van der Waals surface area contributed by atoms with Crippen LogP contribution in [0.4, 0.5) is 0 Å². The summed E-state index contributed by atoms with van der Waals surface area (Å²) in [6, 6.07) is 9.01. The Morgan fingerprint density at radius 1 is 0.857 bits per heavy atom. The molecule has 0 aliphatic rings. The van der Waals surface area contributed by atoms with Gasteiger partial charge in [0.2, 0.25) is 0 Å². The van der Waals surface area contributed by atoms with E-state index >= 15 is 0 Å². The SMILES string of the molecule is CC(NCc1c(Cl)ccc(Cl)c1Cl)c1ccc(Cl)c(Cl)c1. The lowest BCUT2D eigenvalue weighted by Crippen LogP contribution is -2.18. The third kappa shape index (κ3) is 4.19. The molecular formula is C15H12Cl5N. The van der Waals surface area contributed by atoms with Crippen LogP contribution in [-0.4, -0.2) is 0 Å². The van der Waals surface area contributed by atoms with Crippen molar-refractivity contribution >= 4 is 58.0 Å². The van der Waals surface area contributed by atoms with E-state index in [9.17, 15) is 0 Å². The van der Waals surface area contributed by atoms with Crippen molar-refractivity contribution in [2.75, 3.05) is 0 Å². The Balaban J connectivity index is 2.12. The van der Waals surface area contributed by atoms with E-state index in [1.807, 2.05) is 19.1 Å². The van der Waals surface area contributed by atoms with Gasteiger partial charge >= 0.3 is 0 Å². The van der Waals surface area contributed by atoms with Crippen LogP contribution >= 0.6 is 58.0 Å². The van der Waals surface area contributed by atoms with Crippen molar-refractivity contribution in [3.63, 3.8) is 0 Å². The molecule has 112 valence electrons. The number of rotatable bonds is 4. The molecule has 0 bridgehead atoms. The van der Waals surface area contributed by atoms with Gasteiger partial charge < -0.3 is 5.32 Å². The monoisotopic (exact) mass is 381 g/mol. The minimum absolute atomic E-state index is 0.0610. The van der Waals surface area contributed by atoms with Crippen molar-refractivity contribution in [2.24, 2.45) is 0 Å². The maximum Gasteiger partial charge on any atom is 0.0652 e. The molecule has 0 aliphatic heterocycles. The number of nitrogens with one attached hydrogen (secondary N) is 1. The van der Waals surface area contributed by atoms with E-state index in [2.05, 4.69) is 5.32 Å². The fourth-order valence-electron chi connectivity index (χ4n) is 1.89. The zero-order valence-corrected chi connectivity index (χ0v) is 14.8. The Kier molecular flexibility index (Phi) is 6.07. The van der Waals surface area contributed by atoms with Gasteiger partial charge in [0.1, 0.15) is 0 Å². The first-order valence-corrected chi connectivity index (χ1v) is 8.10. The summed E-state index contributed by atoms with van der Waals surface area (Å²) < 4.78 is 0. The van der Waals surface area contributed by atoms with E-state index in [4.69, 9.17) is 58.0 Å². The van der Waals surface area contributed by atoms with Crippen LogP contribution in [0.5, 0.6) is 0 Å². The Bertz CT molecular complexity index is 657. The van der Waals surface area contributed by atoms with Crippen molar-refractivity contribution in [1.82, 2.24) is 5.32 Å². The summed E-state index contributed by atoms with van der Waals surface area (Å²) >= 11 is 30.3. The minimum Gasteiger partial charge on any atom is -0.306 e. The molecule has 1 atom stereocenters. The minimum atomic E-state index is 0.0610. The van der Waals surface area contributed by atoms with Gasteiger partial charge in [-0.25, -0.2) is 0 Å². The molecule has 6 heteroatoms. The molecule has 0 radical (unpaired) electrons. The summed E-state index contributed by atoms with van der Waals surface area (Å²) in [5, 5.41) is 5.94. The lowest BCUT2D eigenvalue weighted by molar-refractivity contribution is 0.575. The molecule has 2 aromatic rings. The molecule has 0 saturated heterocycles. The second-order valence-corrected chi connectivity index (χ2v) is 6.60. The van der Waals surface area contributed by atoms with Crippen LogP contribution in [0.15, 0.2) is 30.3 Å². The van der Waals surface area contributed by atoms with Gasteiger partial charge in [-0.3, -0.25) is 0 Å². The summed E-state index contributed by atoms with van der Waals surface area (Å²) in [5.74, 6) is 0. The normalized spacial score (nSPS) is 12.5. The first kappa shape index (κ1) is 17.2. The lowest BCUT2D eigenvalue weighted by atomic mass is 10.1. The summed E-state index contributed by atoms with van der Waals surface area (Å²) in [7, 11) is 0. The van der Waals surface area contributed by atoms with E-state index in [1.54, 1.807) is 18.2 Å². The second-order valence-electron chi connectivity index (χ2n) is 4.60. The predicted octanol–water partition coefficient (Wildman–Crippen LogP) is 6.80. The van der Waals surface area contributed by atoms with Gasteiger partial charge in [0.05, 0.1) is 20.1 Å². The third-order valence-electron chi connectivity index (χ3n) is 3.17. The lowest BCUT2D eigenvalue weighted by Gasteiger charge is -2.16. The van der Waals surface area contributed by atoms with E-state index in [1.165, 1.54) is 0 Å². The molecule has 0 amide bonds. The Morgan fingerprint density at radius 3 is 2.14 bits per heavy atom. The zero-order chi connectivity index (χ0) is 15.6. The molecule has 0 saturated carbocycles. The fraction of sp³-hybridized carbons (Fsp3) is 0.200. The van der Waals surface area contributed by atoms with E-state index in [0.29, 0.717) is 31.7 Å². The number of hydrogen-bond acceptors (Lipinski definition) is 1. The van der Waals surface area contributed by atoms with Gasteiger partial charge in [-0.15, -0.1) is 0 Å². The number of benzene rings is 2. The Hall–Kier alpha value is -0.150. The van der Waals surface area contributed by atoms with Crippen molar-refractivity contribution in [2.45, 2.75) is 19.5 Å². The van der Waals surface area contributed by atoms with E-state index < -0.39 is 0 Å². The van der Waals surface area contributed by atoms with Crippen LogP contribution in [0.25, 0.3) is 0 Å². The maximum atomic E-state index is 6.18. The maximum absolute atomic E-state index is 6.18. The highest BCUT2D eigenvalue weighted by Crippen LogP contribution is 2.32. The van der Waals surface area contributed by atoms with Crippen LogP contribution in [0.3, 0.4) is 0 Å². The van der Waals surface area contributed by atoms with Gasteiger partial charge in [0.25, 0.3) is 0 Å². The highest BCUT2D eigenvalue weighted by molar-refractivity contribution is 6.44. The number of hydrogen-bond donors (Lipinski definition) is 1. The first-order chi connectivity index (χ1) is 9.90. The largest absolute Gasteiger partial charge is 0.306 e. The summed E-state index contributed by atoms with van der Waals surface area (Å²) in [5.41, 5.74) is 1.80. The van der Waals surface area contributed by atoms with Gasteiger partial charge in [-0.2, -0.15) is 0 Å². The third-order valence-corrected chi connectivity index (χ3v) is 5.10. The number of halogens is 5. The Labute approximate surface area is 149 Å². The molecule has 0 aliphatic carbocycles. The van der Waals surface area contributed by atoms with Gasteiger partial charge in [-0.05, 0) is 36.8 Å². The van der Waals surface area contributed by atoms with Gasteiger partial charge in [0, 0.05) is 23.2 Å². The molecule has 0 fully saturated rings. The van der Waals surface area contributed by atoms with Crippen molar-refractivity contribution in [3.05, 3.63) is 66.6 Å². The second kappa shape index (κ2) is 7.41. The molecule has 1 N–H and O–H groups in total. The van der Waals surface area contributed by atoms with E-state index in [0.717, 1.165) is 11.1 Å². The smallest absolute Gasteiger partial charge is 0.0652 e. The van der Waals surface area contributed by atoms with Crippen LogP contribution in [-0.2, 0) is 6.54 Å². The summed E-state index contributed by atoms with van der Waals surface area (Å²) in [6.07, 6.45) is 0. The standard InChI is InChI=1S/C15H12Cl5N/c1-8(9-2-3-12(17)14(19)6-9)21-7-10-11(16)4-5-13(18)15(10)20/h2-6,8,21H,7H2,1H3. The fourth-order valence-corrected chi connectivity index (χ4v) is 2.87. The van der Waals surface area contributed by atoms with Crippen LogP contribution in [0.1, 0.15) is 24.1 Å². The molecule has 1 nitrogen and oxygen atoms in total. The summed E-state index contributed by atoms with van der Waals surface area (Å²) in [4.78, 5) is 0. The highest BCUT2D eigenvalue weighted by Gasteiger charge is 2.12. The molecule has 2 aromatic carbocycles. The van der Waals surface area contributed by atoms with Crippen molar-refractivity contribution in [3.8, 4) is 0 Å². The molecule has 0 heterocycles. The zero-order valence-electron chi connectivity index (χ0n) is 11.1. The quantitative estimate of drug-likeness (QED) is 0.572. The molecule has 1 unspecified atom stereocenters. The Morgan fingerprint density at radius 2 is 1.48 bits per heavy atom. The highest BCUT2D eigenvalue weighted by atomic mass is 35.5. The molecule has 21 heavy (non-hydrogen) atoms. The topological polar surface area (TPSA) is 12.0 Å². The van der Waals surface area contributed by atoms with Gasteiger partial charge in [-0.1, -0.05) is 64.1 Å². The van der Waals surface area contributed by atoms with Crippen LogP contribution in [0, 0.1) is 0 Å². The molecule has 0 aromatic heterocycles. The van der Waals surface area contributed by atoms with E-state index in [-0.39, 0.29) is 6.04 Å². The molecule has 0 spiro atoms.